The van der Waals surface area contributed by atoms with Gasteiger partial charge in [0, 0.05) is 11.6 Å². The van der Waals surface area contributed by atoms with Gasteiger partial charge in [-0.3, -0.25) is 4.79 Å². The SMILES string of the molecule is CCC(C)NC(=O)c1ccc(C)cc1. The van der Waals surface area contributed by atoms with E-state index in [1.165, 1.54) is 5.56 Å². The highest BCUT2D eigenvalue weighted by Crippen LogP contribution is 2.03. The van der Waals surface area contributed by atoms with Crippen LogP contribution in [0.15, 0.2) is 24.3 Å². The fourth-order valence-corrected chi connectivity index (χ4v) is 1.11. The Morgan fingerprint density at radius 1 is 1.36 bits per heavy atom. The number of carbonyl (C=O) groups excluding carboxylic acids is 1. The van der Waals surface area contributed by atoms with Crippen molar-refractivity contribution in [2.24, 2.45) is 0 Å². The molecule has 1 unspecified atom stereocenters. The average molecular weight is 191 g/mol. The van der Waals surface area contributed by atoms with Crippen molar-refractivity contribution in [1.82, 2.24) is 5.32 Å². The molecule has 0 fully saturated rings. The first kappa shape index (κ1) is 10.8. The van der Waals surface area contributed by atoms with E-state index in [-0.39, 0.29) is 11.9 Å². The lowest BCUT2D eigenvalue weighted by molar-refractivity contribution is 0.0939. The lowest BCUT2D eigenvalue weighted by Gasteiger charge is -2.11. The van der Waals surface area contributed by atoms with Crippen molar-refractivity contribution in [3.63, 3.8) is 0 Å². The smallest absolute Gasteiger partial charge is 0.251 e. The summed E-state index contributed by atoms with van der Waals surface area (Å²) in [7, 11) is 0. The van der Waals surface area contributed by atoms with Crippen LogP contribution in [0.3, 0.4) is 0 Å². The molecular formula is C12H17NO. The molecule has 1 aromatic carbocycles. The second-order valence-corrected chi connectivity index (χ2v) is 3.65. The van der Waals surface area contributed by atoms with Gasteiger partial charge in [-0.1, -0.05) is 24.6 Å². The standard InChI is InChI=1S/C12H17NO/c1-4-10(3)13-12(14)11-7-5-9(2)6-8-11/h5-8,10H,4H2,1-3H3,(H,13,14). The summed E-state index contributed by atoms with van der Waals surface area (Å²) in [4.78, 5) is 11.6. The van der Waals surface area contributed by atoms with Gasteiger partial charge >= 0.3 is 0 Å². The molecule has 0 bridgehead atoms. The molecule has 2 heteroatoms. The zero-order valence-corrected chi connectivity index (χ0v) is 9.00. The molecule has 1 aromatic rings. The maximum atomic E-state index is 11.6. The molecule has 0 spiro atoms. The monoisotopic (exact) mass is 191 g/mol. The Kier molecular flexibility index (Phi) is 3.69. The largest absolute Gasteiger partial charge is 0.350 e. The number of benzene rings is 1. The predicted octanol–water partition coefficient (Wildman–Crippen LogP) is 2.52. The molecule has 2 nitrogen and oxygen atoms in total. The van der Waals surface area contributed by atoms with Crippen LogP contribution >= 0.6 is 0 Å². The van der Waals surface area contributed by atoms with Crippen LogP contribution < -0.4 is 5.32 Å². The van der Waals surface area contributed by atoms with Crippen LogP contribution in [0.5, 0.6) is 0 Å². The van der Waals surface area contributed by atoms with Crippen molar-refractivity contribution in [1.29, 1.82) is 0 Å². The van der Waals surface area contributed by atoms with E-state index in [1.807, 2.05) is 38.1 Å². The first-order valence-electron chi connectivity index (χ1n) is 5.01. The lowest BCUT2D eigenvalue weighted by Crippen LogP contribution is -2.31. The summed E-state index contributed by atoms with van der Waals surface area (Å²) in [5, 5.41) is 2.93. The van der Waals surface area contributed by atoms with E-state index in [9.17, 15) is 4.79 Å². The van der Waals surface area contributed by atoms with Gasteiger partial charge in [-0.15, -0.1) is 0 Å². The third kappa shape index (κ3) is 2.87. The van der Waals surface area contributed by atoms with Gasteiger partial charge in [0.1, 0.15) is 0 Å². The Morgan fingerprint density at radius 3 is 2.43 bits per heavy atom. The molecule has 1 N–H and O–H groups in total. The normalized spacial score (nSPS) is 12.2. The molecular weight excluding hydrogens is 174 g/mol. The topological polar surface area (TPSA) is 29.1 Å². The van der Waals surface area contributed by atoms with E-state index in [4.69, 9.17) is 0 Å². The fourth-order valence-electron chi connectivity index (χ4n) is 1.11. The number of amides is 1. The zero-order valence-electron chi connectivity index (χ0n) is 9.00. The Morgan fingerprint density at radius 2 is 1.93 bits per heavy atom. The van der Waals surface area contributed by atoms with Gasteiger partial charge in [0.2, 0.25) is 0 Å². The van der Waals surface area contributed by atoms with E-state index in [1.54, 1.807) is 0 Å². The van der Waals surface area contributed by atoms with Crippen LogP contribution in [-0.4, -0.2) is 11.9 Å². The third-order valence-electron chi connectivity index (χ3n) is 2.30. The van der Waals surface area contributed by atoms with Crippen molar-refractivity contribution in [3.8, 4) is 0 Å². The highest BCUT2D eigenvalue weighted by molar-refractivity contribution is 5.94. The minimum absolute atomic E-state index is 0.0133. The Labute approximate surface area is 85.3 Å². The molecule has 0 saturated heterocycles. The van der Waals surface area contributed by atoms with E-state index in [2.05, 4.69) is 12.2 Å². The Bertz CT molecular complexity index is 303. The van der Waals surface area contributed by atoms with Gasteiger partial charge in [0.25, 0.3) is 5.91 Å². The highest BCUT2D eigenvalue weighted by Gasteiger charge is 2.07. The summed E-state index contributed by atoms with van der Waals surface area (Å²) in [5.41, 5.74) is 1.90. The molecule has 1 amide bonds. The molecule has 0 saturated carbocycles. The summed E-state index contributed by atoms with van der Waals surface area (Å²) >= 11 is 0. The maximum Gasteiger partial charge on any atom is 0.251 e. The van der Waals surface area contributed by atoms with Gasteiger partial charge in [0.05, 0.1) is 0 Å². The van der Waals surface area contributed by atoms with E-state index >= 15 is 0 Å². The predicted molar refractivity (Wildman–Crippen MR) is 58.4 cm³/mol. The van der Waals surface area contributed by atoms with Gasteiger partial charge in [0.15, 0.2) is 0 Å². The van der Waals surface area contributed by atoms with E-state index in [0.29, 0.717) is 0 Å². The van der Waals surface area contributed by atoms with Crippen LogP contribution in [0.1, 0.15) is 36.2 Å². The quantitative estimate of drug-likeness (QED) is 0.781. The number of carbonyl (C=O) groups is 1. The third-order valence-corrected chi connectivity index (χ3v) is 2.30. The van der Waals surface area contributed by atoms with Gasteiger partial charge in [-0.2, -0.15) is 0 Å². The minimum Gasteiger partial charge on any atom is -0.350 e. The molecule has 0 aliphatic heterocycles. The Balaban J connectivity index is 2.65. The van der Waals surface area contributed by atoms with Crippen LogP contribution in [0.25, 0.3) is 0 Å². The summed E-state index contributed by atoms with van der Waals surface area (Å²) < 4.78 is 0. The van der Waals surface area contributed by atoms with Crippen molar-refractivity contribution in [2.45, 2.75) is 33.2 Å². The second kappa shape index (κ2) is 4.80. The van der Waals surface area contributed by atoms with Crippen LogP contribution in [0.2, 0.25) is 0 Å². The molecule has 1 rings (SSSR count). The van der Waals surface area contributed by atoms with Gasteiger partial charge in [-0.05, 0) is 32.4 Å². The molecule has 1 atom stereocenters. The molecule has 0 aliphatic carbocycles. The van der Waals surface area contributed by atoms with Crippen LogP contribution in [0.4, 0.5) is 0 Å². The molecule has 0 radical (unpaired) electrons. The molecule has 0 heterocycles. The minimum atomic E-state index is 0.0133. The van der Waals surface area contributed by atoms with Gasteiger partial charge < -0.3 is 5.32 Å². The molecule has 0 aliphatic rings. The number of rotatable bonds is 3. The number of nitrogens with one attached hydrogen (secondary N) is 1. The maximum absolute atomic E-state index is 11.6. The zero-order chi connectivity index (χ0) is 10.6. The van der Waals surface area contributed by atoms with E-state index in [0.717, 1.165) is 12.0 Å². The number of aryl methyl sites for hydroxylation is 1. The van der Waals surface area contributed by atoms with Crippen molar-refractivity contribution in [3.05, 3.63) is 35.4 Å². The highest BCUT2D eigenvalue weighted by atomic mass is 16.1. The fraction of sp³-hybridized carbons (Fsp3) is 0.417. The second-order valence-electron chi connectivity index (χ2n) is 3.65. The van der Waals surface area contributed by atoms with Crippen molar-refractivity contribution >= 4 is 5.91 Å². The summed E-state index contributed by atoms with van der Waals surface area (Å²) in [6.45, 7) is 6.07. The number of hydrogen-bond acceptors (Lipinski definition) is 1. The number of hydrogen-bond donors (Lipinski definition) is 1. The summed E-state index contributed by atoms with van der Waals surface area (Å²) in [5.74, 6) is 0.0133. The van der Waals surface area contributed by atoms with Crippen LogP contribution in [0, 0.1) is 6.92 Å². The molecule has 76 valence electrons. The molecule has 0 aromatic heterocycles. The summed E-state index contributed by atoms with van der Waals surface area (Å²) in [6.07, 6.45) is 0.956. The first-order chi connectivity index (χ1) is 6.63. The lowest BCUT2D eigenvalue weighted by atomic mass is 10.1. The summed E-state index contributed by atoms with van der Waals surface area (Å²) in [6, 6.07) is 7.85. The van der Waals surface area contributed by atoms with E-state index < -0.39 is 0 Å². The first-order valence-corrected chi connectivity index (χ1v) is 5.01. The average Bonchev–Trinajstić information content (AvgIpc) is 2.18. The molecule has 14 heavy (non-hydrogen) atoms. The van der Waals surface area contributed by atoms with Crippen molar-refractivity contribution in [2.75, 3.05) is 0 Å². The Hall–Kier alpha value is -1.31. The van der Waals surface area contributed by atoms with Gasteiger partial charge in [-0.25, -0.2) is 0 Å². The van der Waals surface area contributed by atoms with Crippen molar-refractivity contribution < 1.29 is 4.79 Å². The van der Waals surface area contributed by atoms with Crippen LogP contribution in [-0.2, 0) is 0 Å².